The molecule has 1 aliphatic carbocycles. The fourth-order valence-electron chi connectivity index (χ4n) is 2.56. The van der Waals surface area contributed by atoms with Crippen LogP contribution in [0.2, 0.25) is 0 Å². The number of hydrogen-bond acceptors (Lipinski definition) is 4. The number of rotatable bonds is 2. The summed E-state index contributed by atoms with van der Waals surface area (Å²) in [4.78, 5) is 14.5. The van der Waals surface area contributed by atoms with Crippen LogP contribution in [-0.2, 0) is 19.9 Å². The topological polar surface area (TPSA) is 72.9 Å². The monoisotopic (exact) mass is 290 g/mol. The Morgan fingerprint density at radius 2 is 2.20 bits per heavy atom. The summed E-state index contributed by atoms with van der Waals surface area (Å²) in [5.74, 6) is 0.456. The zero-order chi connectivity index (χ0) is 14.1. The summed E-state index contributed by atoms with van der Waals surface area (Å²) in [5.41, 5.74) is 7.62. The minimum atomic E-state index is -0.0987. The maximum absolute atomic E-state index is 12.3. The molecule has 0 spiro atoms. The molecule has 2 heterocycles. The lowest BCUT2D eigenvalue weighted by molar-refractivity contribution is 0.102. The van der Waals surface area contributed by atoms with Crippen LogP contribution in [0.25, 0.3) is 0 Å². The number of nitrogen functional groups attached to an aromatic ring is 1. The molecule has 0 saturated carbocycles. The van der Waals surface area contributed by atoms with Crippen molar-refractivity contribution in [2.75, 3.05) is 11.1 Å². The third-order valence-corrected chi connectivity index (χ3v) is 4.91. The van der Waals surface area contributed by atoms with Crippen LogP contribution in [0.3, 0.4) is 0 Å². The lowest BCUT2D eigenvalue weighted by Crippen LogP contribution is -2.14. The number of nitrogens with zero attached hydrogens (tertiary/aromatic N) is 2. The molecule has 0 saturated heterocycles. The molecule has 0 radical (unpaired) electrons. The molecular weight excluding hydrogens is 272 g/mol. The van der Waals surface area contributed by atoms with Gasteiger partial charge in [-0.2, -0.15) is 5.10 Å². The van der Waals surface area contributed by atoms with E-state index in [2.05, 4.69) is 10.4 Å². The van der Waals surface area contributed by atoms with Crippen LogP contribution in [-0.4, -0.2) is 15.7 Å². The average molecular weight is 290 g/mol. The largest absolute Gasteiger partial charge is 0.394 e. The Balaban J connectivity index is 1.81. The van der Waals surface area contributed by atoms with Gasteiger partial charge in [-0.25, -0.2) is 0 Å². The number of amides is 1. The van der Waals surface area contributed by atoms with Crippen molar-refractivity contribution < 1.29 is 4.79 Å². The molecule has 0 unspecified atom stereocenters. The molecule has 0 aliphatic heterocycles. The van der Waals surface area contributed by atoms with Gasteiger partial charge in [0.15, 0.2) is 5.82 Å². The van der Waals surface area contributed by atoms with E-state index in [-0.39, 0.29) is 5.91 Å². The van der Waals surface area contributed by atoms with Gasteiger partial charge in [0.05, 0.1) is 16.8 Å². The second kappa shape index (κ2) is 5.28. The molecule has 0 fully saturated rings. The summed E-state index contributed by atoms with van der Waals surface area (Å²) >= 11 is 1.61. The van der Waals surface area contributed by atoms with E-state index in [0.29, 0.717) is 11.5 Å². The molecular formula is C14H18N4OS. The standard InChI is InChI=1S/C14H18N4OS/c1-18-13(10(15)8-16-18)17-14(19)12-7-9-5-3-2-4-6-11(9)20-12/h7-8H,2-6,15H2,1H3,(H,17,19). The summed E-state index contributed by atoms with van der Waals surface area (Å²) < 4.78 is 1.58. The summed E-state index contributed by atoms with van der Waals surface area (Å²) in [6.07, 6.45) is 7.46. The predicted molar refractivity (Wildman–Crippen MR) is 81.2 cm³/mol. The molecule has 3 N–H and O–H groups in total. The summed E-state index contributed by atoms with van der Waals surface area (Å²) in [5, 5.41) is 6.87. The fraction of sp³-hybridized carbons (Fsp3) is 0.429. The third kappa shape index (κ3) is 2.43. The zero-order valence-electron chi connectivity index (χ0n) is 11.5. The Labute approximate surface area is 121 Å². The molecule has 1 aliphatic rings. The van der Waals surface area contributed by atoms with Crippen LogP contribution < -0.4 is 11.1 Å². The third-order valence-electron chi connectivity index (χ3n) is 3.67. The maximum Gasteiger partial charge on any atom is 0.266 e. The first kappa shape index (κ1) is 13.2. The highest BCUT2D eigenvalue weighted by molar-refractivity contribution is 7.14. The minimum Gasteiger partial charge on any atom is -0.394 e. The van der Waals surface area contributed by atoms with Crippen molar-refractivity contribution in [3.63, 3.8) is 0 Å². The first-order valence-electron chi connectivity index (χ1n) is 6.85. The molecule has 2 aromatic heterocycles. The number of carbonyl (C=O) groups excluding carboxylic acids is 1. The van der Waals surface area contributed by atoms with Gasteiger partial charge >= 0.3 is 0 Å². The molecule has 6 heteroatoms. The van der Waals surface area contributed by atoms with E-state index >= 15 is 0 Å². The maximum atomic E-state index is 12.3. The van der Waals surface area contributed by atoms with E-state index in [1.165, 1.54) is 29.7 Å². The summed E-state index contributed by atoms with van der Waals surface area (Å²) in [7, 11) is 1.76. The van der Waals surface area contributed by atoms with Crippen molar-refractivity contribution in [2.45, 2.75) is 32.1 Å². The van der Waals surface area contributed by atoms with Crippen molar-refractivity contribution in [3.05, 3.63) is 27.6 Å². The van der Waals surface area contributed by atoms with Gasteiger partial charge in [-0.15, -0.1) is 11.3 Å². The van der Waals surface area contributed by atoms with Gasteiger partial charge in [0, 0.05) is 11.9 Å². The van der Waals surface area contributed by atoms with Crippen LogP contribution in [0.4, 0.5) is 11.5 Å². The van der Waals surface area contributed by atoms with E-state index in [4.69, 9.17) is 5.73 Å². The van der Waals surface area contributed by atoms with E-state index in [1.54, 1.807) is 29.3 Å². The van der Waals surface area contributed by atoms with Gasteiger partial charge in [-0.05, 0) is 37.3 Å². The molecule has 2 aromatic rings. The number of anilines is 2. The first-order valence-corrected chi connectivity index (χ1v) is 7.67. The molecule has 0 atom stereocenters. The highest BCUT2D eigenvalue weighted by Crippen LogP contribution is 2.29. The van der Waals surface area contributed by atoms with Crippen molar-refractivity contribution in [3.8, 4) is 0 Å². The van der Waals surface area contributed by atoms with E-state index in [0.717, 1.165) is 17.7 Å². The molecule has 20 heavy (non-hydrogen) atoms. The number of thiophene rings is 1. The lowest BCUT2D eigenvalue weighted by atomic mass is 10.1. The number of carbonyl (C=O) groups is 1. The number of aryl methyl sites for hydroxylation is 3. The second-order valence-corrected chi connectivity index (χ2v) is 6.28. The van der Waals surface area contributed by atoms with E-state index in [1.807, 2.05) is 6.07 Å². The number of aromatic nitrogens is 2. The molecule has 3 rings (SSSR count). The second-order valence-electron chi connectivity index (χ2n) is 5.15. The van der Waals surface area contributed by atoms with Crippen molar-refractivity contribution in [1.82, 2.24) is 9.78 Å². The lowest BCUT2D eigenvalue weighted by Gasteiger charge is -2.04. The number of nitrogens with one attached hydrogen (secondary N) is 1. The Morgan fingerprint density at radius 3 is 2.95 bits per heavy atom. The van der Waals surface area contributed by atoms with Gasteiger partial charge in [-0.3, -0.25) is 9.48 Å². The Bertz CT molecular complexity index is 601. The fourth-order valence-corrected chi connectivity index (χ4v) is 3.70. The summed E-state index contributed by atoms with van der Waals surface area (Å²) in [6.45, 7) is 0. The normalized spacial score (nSPS) is 14.7. The smallest absolute Gasteiger partial charge is 0.266 e. The quantitative estimate of drug-likeness (QED) is 0.835. The average Bonchev–Trinajstić information content (AvgIpc) is 2.89. The molecule has 0 aromatic carbocycles. The molecule has 5 nitrogen and oxygen atoms in total. The summed E-state index contributed by atoms with van der Waals surface area (Å²) in [6, 6.07) is 2.03. The van der Waals surface area contributed by atoms with E-state index < -0.39 is 0 Å². The first-order chi connectivity index (χ1) is 9.65. The highest BCUT2D eigenvalue weighted by Gasteiger charge is 2.18. The van der Waals surface area contributed by atoms with Gasteiger partial charge < -0.3 is 11.1 Å². The van der Waals surface area contributed by atoms with Crippen molar-refractivity contribution >= 4 is 28.7 Å². The number of hydrogen-bond donors (Lipinski definition) is 2. The highest BCUT2D eigenvalue weighted by atomic mass is 32.1. The van der Waals surface area contributed by atoms with Crippen LogP contribution >= 0.6 is 11.3 Å². The van der Waals surface area contributed by atoms with Crippen LogP contribution in [0.1, 0.15) is 39.4 Å². The Kier molecular flexibility index (Phi) is 3.48. The SMILES string of the molecule is Cn1ncc(N)c1NC(=O)c1cc2c(s1)CCCCC2. The van der Waals surface area contributed by atoms with Crippen molar-refractivity contribution in [2.24, 2.45) is 7.05 Å². The molecule has 106 valence electrons. The van der Waals surface area contributed by atoms with Gasteiger partial charge in [0.25, 0.3) is 5.91 Å². The van der Waals surface area contributed by atoms with Crippen LogP contribution in [0.15, 0.2) is 12.3 Å². The van der Waals surface area contributed by atoms with Gasteiger partial charge in [0.2, 0.25) is 0 Å². The zero-order valence-corrected chi connectivity index (χ0v) is 12.3. The van der Waals surface area contributed by atoms with Crippen molar-refractivity contribution in [1.29, 1.82) is 0 Å². The number of nitrogens with two attached hydrogens (primary N) is 1. The Hall–Kier alpha value is -1.82. The molecule has 0 bridgehead atoms. The molecule has 1 amide bonds. The number of fused-ring (bicyclic) bond motifs is 1. The van der Waals surface area contributed by atoms with Gasteiger partial charge in [-0.1, -0.05) is 6.42 Å². The minimum absolute atomic E-state index is 0.0987. The van der Waals surface area contributed by atoms with Gasteiger partial charge in [0.1, 0.15) is 0 Å². The predicted octanol–water partition coefficient (Wildman–Crippen LogP) is 2.59. The van der Waals surface area contributed by atoms with Crippen LogP contribution in [0.5, 0.6) is 0 Å². The van der Waals surface area contributed by atoms with Crippen LogP contribution in [0, 0.1) is 0 Å². The Morgan fingerprint density at radius 1 is 1.40 bits per heavy atom. The van der Waals surface area contributed by atoms with E-state index in [9.17, 15) is 4.79 Å².